The zero-order valence-electron chi connectivity index (χ0n) is 16.1. The summed E-state index contributed by atoms with van der Waals surface area (Å²) in [5.74, 6) is -1.41. The molecule has 2 aromatic heterocycles. The number of carboxylic acid groups (broad SMARTS) is 1. The number of nitrogens with one attached hydrogen (secondary N) is 1. The number of thiazole rings is 1. The highest BCUT2D eigenvalue weighted by atomic mass is 32.2. The van der Waals surface area contributed by atoms with Crippen molar-refractivity contribution in [1.29, 1.82) is 0 Å². The maximum Gasteiger partial charge on any atom is 0.352 e. The van der Waals surface area contributed by atoms with E-state index in [2.05, 4.69) is 15.5 Å². The number of carboxylic acids is 1. The van der Waals surface area contributed by atoms with Gasteiger partial charge < -0.3 is 25.4 Å². The van der Waals surface area contributed by atoms with Gasteiger partial charge in [-0.3, -0.25) is 14.5 Å². The van der Waals surface area contributed by atoms with Gasteiger partial charge in [0.05, 0.1) is 6.26 Å². The Balaban J connectivity index is 1.53. The topological polar surface area (TPSA) is 160 Å². The van der Waals surface area contributed by atoms with Gasteiger partial charge in [-0.1, -0.05) is 5.16 Å². The van der Waals surface area contributed by atoms with Crippen molar-refractivity contribution in [2.75, 3.05) is 18.6 Å². The molecule has 2 aromatic rings. The molecule has 0 saturated carbocycles. The second-order valence-corrected chi connectivity index (χ2v) is 8.56. The van der Waals surface area contributed by atoms with E-state index in [1.54, 1.807) is 17.5 Å². The van der Waals surface area contributed by atoms with Crippen LogP contribution in [0.4, 0.5) is 5.13 Å². The van der Waals surface area contributed by atoms with E-state index in [-0.39, 0.29) is 28.7 Å². The number of hydrogen-bond donors (Lipinski definition) is 3. The van der Waals surface area contributed by atoms with Crippen LogP contribution in [0.15, 0.2) is 44.6 Å². The van der Waals surface area contributed by atoms with Crippen molar-refractivity contribution in [3.05, 3.63) is 46.5 Å². The Morgan fingerprint density at radius 2 is 2.32 bits per heavy atom. The van der Waals surface area contributed by atoms with Gasteiger partial charge in [0.25, 0.3) is 11.8 Å². The number of furan rings is 1. The van der Waals surface area contributed by atoms with Crippen LogP contribution in [-0.4, -0.2) is 62.8 Å². The van der Waals surface area contributed by atoms with Crippen LogP contribution < -0.4 is 11.1 Å². The Bertz CT molecular complexity index is 1090. The number of nitrogens with zero attached hydrogens (tertiary/aromatic N) is 3. The molecule has 13 heteroatoms. The number of hydrogen-bond acceptors (Lipinski definition) is 10. The van der Waals surface area contributed by atoms with E-state index in [1.165, 1.54) is 30.0 Å². The van der Waals surface area contributed by atoms with Crippen molar-refractivity contribution in [1.82, 2.24) is 15.2 Å². The second-order valence-electron chi connectivity index (χ2n) is 6.57. The Morgan fingerprint density at radius 1 is 1.52 bits per heavy atom. The number of nitrogens with two attached hydrogens (primary N) is 1. The van der Waals surface area contributed by atoms with E-state index in [0.717, 1.165) is 11.3 Å². The maximum atomic E-state index is 12.8. The molecule has 4 N–H and O–H groups in total. The number of aliphatic carboxylic acids is 1. The largest absolute Gasteiger partial charge is 0.477 e. The number of nitrogen functional groups attached to an aromatic ring is 1. The van der Waals surface area contributed by atoms with Gasteiger partial charge in [-0.2, -0.15) is 0 Å². The molecule has 4 heterocycles. The van der Waals surface area contributed by atoms with Crippen molar-refractivity contribution >= 4 is 51.7 Å². The summed E-state index contributed by atoms with van der Waals surface area (Å²) in [6, 6.07) is 2.55. The fourth-order valence-electron chi connectivity index (χ4n) is 3.34. The highest BCUT2D eigenvalue weighted by molar-refractivity contribution is 8.00. The van der Waals surface area contributed by atoms with Crippen LogP contribution in [0.25, 0.3) is 0 Å². The number of thioether (sulfide) groups is 1. The van der Waals surface area contributed by atoms with Crippen LogP contribution in [0, 0.1) is 0 Å². The Hall–Kier alpha value is -3.32. The first-order chi connectivity index (χ1) is 14.9. The fourth-order valence-corrected chi connectivity index (χ4v) is 5.24. The van der Waals surface area contributed by atoms with Gasteiger partial charge in [0, 0.05) is 17.6 Å². The molecule has 0 unspecified atom stereocenters. The van der Waals surface area contributed by atoms with Crippen LogP contribution in [0.3, 0.4) is 0 Å². The normalized spacial score (nSPS) is 20.9. The minimum absolute atomic E-state index is 0.0753. The third-order valence-electron chi connectivity index (χ3n) is 4.67. The monoisotopic (exact) mass is 463 g/mol. The Labute approximate surface area is 183 Å². The lowest BCUT2D eigenvalue weighted by Gasteiger charge is -2.49. The fraction of sp³-hybridized carbons (Fsp3) is 0.278. The van der Waals surface area contributed by atoms with Crippen LogP contribution in [0.1, 0.15) is 11.5 Å². The quantitative estimate of drug-likeness (QED) is 0.304. The predicted molar refractivity (Wildman–Crippen MR) is 112 cm³/mol. The minimum Gasteiger partial charge on any atom is -0.477 e. The number of β-lactam (4-membered cyclic amide) rings is 1. The molecule has 2 amide bonds. The van der Waals surface area contributed by atoms with E-state index < -0.39 is 29.2 Å². The summed E-state index contributed by atoms with van der Waals surface area (Å²) in [4.78, 5) is 47.4. The molecule has 0 bridgehead atoms. The van der Waals surface area contributed by atoms with E-state index in [1.807, 2.05) is 0 Å². The van der Waals surface area contributed by atoms with E-state index in [4.69, 9.17) is 15.0 Å². The highest BCUT2D eigenvalue weighted by Crippen LogP contribution is 2.41. The second kappa shape index (κ2) is 8.43. The molecule has 0 aliphatic carbocycles. The van der Waals surface area contributed by atoms with Gasteiger partial charge in [0.2, 0.25) is 0 Å². The lowest BCUT2D eigenvalue weighted by molar-refractivity contribution is -0.150. The predicted octanol–water partition coefficient (Wildman–Crippen LogP) is 0.650. The Kier molecular flexibility index (Phi) is 5.69. The SMILES string of the molecule is CO/N=C(\C(=O)N[C@@H]1C(=O)N2C(C(=O)O)=C(Cc3ccco3)CS[C@H]12)c1csc(N)n1. The van der Waals surface area contributed by atoms with E-state index in [0.29, 0.717) is 17.1 Å². The standard InChI is InChI=1S/C18H17N5O6S2/c1-28-22-11(10-7-31-18(19)20-10)14(24)21-12-15(25)23-13(17(26)27)8(6-30-16(12)23)5-9-3-2-4-29-9/h2-4,7,12,16H,5-6H2,1H3,(H2,19,20)(H,21,24)(H,26,27)/b22-11-/t12-,16-/m1/s1. The van der Waals surface area contributed by atoms with Gasteiger partial charge in [-0.05, 0) is 17.7 Å². The summed E-state index contributed by atoms with van der Waals surface area (Å²) in [5, 5.41) is 17.3. The molecular formula is C18H17N5O6S2. The smallest absolute Gasteiger partial charge is 0.352 e. The molecule has 4 rings (SSSR count). The highest BCUT2D eigenvalue weighted by Gasteiger charge is 2.54. The molecule has 11 nitrogen and oxygen atoms in total. The number of amides is 2. The number of carbonyl (C=O) groups is 3. The average molecular weight is 463 g/mol. The van der Waals surface area contributed by atoms with Crippen molar-refractivity contribution in [2.45, 2.75) is 17.8 Å². The molecule has 162 valence electrons. The molecule has 1 saturated heterocycles. The van der Waals surface area contributed by atoms with Crippen LogP contribution in [-0.2, 0) is 25.6 Å². The molecule has 0 spiro atoms. The van der Waals surface area contributed by atoms with Crippen LogP contribution in [0.2, 0.25) is 0 Å². The molecule has 2 atom stereocenters. The van der Waals surface area contributed by atoms with Gasteiger partial charge >= 0.3 is 5.97 Å². The first-order valence-corrected chi connectivity index (χ1v) is 10.9. The van der Waals surface area contributed by atoms with Crippen LogP contribution >= 0.6 is 23.1 Å². The average Bonchev–Trinajstić information content (AvgIpc) is 3.41. The number of rotatable bonds is 7. The molecule has 2 aliphatic rings. The zero-order valence-corrected chi connectivity index (χ0v) is 17.7. The lowest BCUT2D eigenvalue weighted by atomic mass is 10.0. The Morgan fingerprint density at radius 3 is 2.94 bits per heavy atom. The summed E-state index contributed by atoms with van der Waals surface area (Å²) in [5.41, 5.74) is 6.20. The third-order valence-corrected chi connectivity index (χ3v) is 6.68. The van der Waals surface area contributed by atoms with Crippen molar-refractivity contribution in [3.63, 3.8) is 0 Å². The number of carbonyl (C=O) groups excluding carboxylic acids is 2. The summed E-state index contributed by atoms with van der Waals surface area (Å²) < 4.78 is 5.30. The molecular weight excluding hydrogens is 446 g/mol. The van der Waals surface area contributed by atoms with Gasteiger partial charge in [-0.15, -0.1) is 23.1 Å². The van der Waals surface area contributed by atoms with Crippen molar-refractivity contribution in [2.24, 2.45) is 5.16 Å². The van der Waals surface area contributed by atoms with Gasteiger partial charge in [-0.25, -0.2) is 9.78 Å². The molecule has 1 fully saturated rings. The maximum absolute atomic E-state index is 12.8. The van der Waals surface area contributed by atoms with Crippen molar-refractivity contribution < 1.29 is 28.7 Å². The van der Waals surface area contributed by atoms with Crippen LogP contribution in [0.5, 0.6) is 0 Å². The number of oxime groups is 1. The van der Waals surface area contributed by atoms with E-state index >= 15 is 0 Å². The minimum atomic E-state index is -1.20. The zero-order chi connectivity index (χ0) is 22.1. The molecule has 0 radical (unpaired) electrons. The summed E-state index contributed by atoms with van der Waals surface area (Å²) in [7, 11) is 1.28. The van der Waals surface area contributed by atoms with Gasteiger partial charge in [0.1, 0.15) is 35.7 Å². The third kappa shape index (κ3) is 3.88. The van der Waals surface area contributed by atoms with Gasteiger partial charge in [0.15, 0.2) is 10.8 Å². The number of aromatic nitrogens is 1. The number of fused-ring (bicyclic) bond motifs is 1. The summed E-state index contributed by atoms with van der Waals surface area (Å²) in [6.07, 6.45) is 1.79. The molecule has 31 heavy (non-hydrogen) atoms. The number of anilines is 1. The lowest BCUT2D eigenvalue weighted by Crippen LogP contribution is -2.71. The van der Waals surface area contributed by atoms with Crippen molar-refractivity contribution in [3.8, 4) is 0 Å². The molecule has 2 aliphatic heterocycles. The summed E-state index contributed by atoms with van der Waals surface area (Å²) in [6.45, 7) is 0. The first-order valence-electron chi connectivity index (χ1n) is 8.96. The first kappa shape index (κ1) is 20.9. The molecule has 0 aromatic carbocycles. The summed E-state index contributed by atoms with van der Waals surface area (Å²) >= 11 is 2.50. The van der Waals surface area contributed by atoms with E-state index in [9.17, 15) is 19.5 Å².